The van der Waals surface area contributed by atoms with Gasteiger partial charge in [0.25, 0.3) is 5.91 Å². The molecule has 0 saturated heterocycles. The molecule has 3 N–H and O–H groups in total. The number of hydrogen-bond donors (Lipinski definition) is 3. The van der Waals surface area contributed by atoms with Crippen LogP contribution in [0.1, 0.15) is 27.6 Å². The Morgan fingerprint density at radius 3 is 2.27 bits per heavy atom. The smallest absolute Gasteiger partial charge is 0.353 e. The molecule has 0 fully saturated rings. The highest BCUT2D eigenvalue weighted by atomic mass is 19.1. The van der Waals surface area contributed by atoms with Crippen LogP contribution in [-0.4, -0.2) is 21.9 Å². The van der Waals surface area contributed by atoms with Crippen LogP contribution in [-0.2, 0) is 0 Å². The van der Waals surface area contributed by atoms with Crippen LogP contribution in [0.2, 0.25) is 0 Å². The average Bonchev–Trinajstić information content (AvgIpc) is 2.40. The summed E-state index contributed by atoms with van der Waals surface area (Å²) in [7, 11) is 0. The minimum atomic E-state index is -1.26. The standard InChI is InChI=1S/C14H10FNO6/c1-6(17)9-11(18)10(14(21)22-13(9)20)12(19)16-8-4-2-7(15)3-5-8/h2-5,18,21H,1H3,(H,16,19). The van der Waals surface area contributed by atoms with Crippen LogP contribution in [0.3, 0.4) is 0 Å². The number of aromatic hydroxyl groups is 2. The Labute approximate surface area is 122 Å². The number of Topliss-reactive ketones (excluding diaryl/α,β-unsaturated/α-hetero) is 1. The third-order valence-corrected chi connectivity index (χ3v) is 2.76. The monoisotopic (exact) mass is 307 g/mol. The van der Waals surface area contributed by atoms with E-state index in [1.807, 2.05) is 0 Å². The Morgan fingerprint density at radius 1 is 1.14 bits per heavy atom. The van der Waals surface area contributed by atoms with Crippen molar-refractivity contribution >= 4 is 17.4 Å². The number of hydrogen-bond acceptors (Lipinski definition) is 6. The van der Waals surface area contributed by atoms with E-state index in [1.165, 1.54) is 12.1 Å². The molecule has 0 aliphatic rings. The summed E-state index contributed by atoms with van der Waals surface area (Å²) in [6.07, 6.45) is 0. The molecule has 0 atom stereocenters. The summed E-state index contributed by atoms with van der Waals surface area (Å²) in [5.74, 6) is -4.50. The van der Waals surface area contributed by atoms with Gasteiger partial charge < -0.3 is 19.9 Å². The van der Waals surface area contributed by atoms with Gasteiger partial charge in [0.05, 0.1) is 0 Å². The molecule has 0 spiro atoms. The number of nitrogens with one attached hydrogen (secondary N) is 1. The summed E-state index contributed by atoms with van der Waals surface area (Å²) < 4.78 is 17.1. The minimum Gasteiger partial charge on any atom is -0.506 e. The van der Waals surface area contributed by atoms with E-state index in [2.05, 4.69) is 9.73 Å². The van der Waals surface area contributed by atoms with Crippen molar-refractivity contribution in [3.63, 3.8) is 0 Å². The molecule has 0 unspecified atom stereocenters. The quantitative estimate of drug-likeness (QED) is 0.742. The van der Waals surface area contributed by atoms with Crippen LogP contribution < -0.4 is 10.9 Å². The topological polar surface area (TPSA) is 117 Å². The van der Waals surface area contributed by atoms with Crippen LogP contribution in [0, 0.1) is 5.82 Å². The number of ketones is 1. The van der Waals surface area contributed by atoms with Gasteiger partial charge in [0.1, 0.15) is 11.4 Å². The number of halogens is 1. The van der Waals surface area contributed by atoms with Gasteiger partial charge in [0, 0.05) is 5.69 Å². The van der Waals surface area contributed by atoms with Gasteiger partial charge in [-0.3, -0.25) is 9.59 Å². The molecule has 2 rings (SSSR count). The first-order chi connectivity index (χ1) is 10.3. The first-order valence-electron chi connectivity index (χ1n) is 5.98. The molecule has 8 heteroatoms. The highest BCUT2D eigenvalue weighted by Gasteiger charge is 2.27. The molecule has 22 heavy (non-hydrogen) atoms. The van der Waals surface area contributed by atoms with Gasteiger partial charge in [0.15, 0.2) is 17.1 Å². The molecule has 0 aliphatic heterocycles. The second-order valence-corrected chi connectivity index (χ2v) is 4.31. The minimum absolute atomic E-state index is 0.167. The lowest BCUT2D eigenvalue weighted by atomic mass is 10.1. The maximum atomic E-state index is 12.8. The van der Waals surface area contributed by atoms with Crippen molar-refractivity contribution in [1.29, 1.82) is 0 Å². The number of amides is 1. The first-order valence-corrected chi connectivity index (χ1v) is 5.98. The largest absolute Gasteiger partial charge is 0.506 e. The molecule has 0 radical (unpaired) electrons. The molecule has 1 heterocycles. The van der Waals surface area contributed by atoms with Crippen molar-refractivity contribution < 1.29 is 28.6 Å². The summed E-state index contributed by atoms with van der Waals surface area (Å²) in [6.45, 7) is 0.991. The van der Waals surface area contributed by atoms with Crippen molar-refractivity contribution in [2.24, 2.45) is 0 Å². The zero-order chi connectivity index (χ0) is 16.4. The molecule has 0 aliphatic carbocycles. The highest BCUT2D eigenvalue weighted by Crippen LogP contribution is 2.29. The number of carbonyl (C=O) groups excluding carboxylic acids is 2. The van der Waals surface area contributed by atoms with Gasteiger partial charge in [-0.25, -0.2) is 9.18 Å². The van der Waals surface area contributed by atoms with Gasteiger partial charge >= 0.3 is 11.6 Å². The fourth-order valence-electron chi connectivity index (χ4n) is 1.75. The summed E-state index contributed by atoms with van der Waals surface area (Å²) in [5.41, 5.74) is -2.61. The van der Waals surface area contributed by atoms with Crippen molar-refractivity contribution in [2.45, 2.75) is 6.92 Å². The third-order valence-electron chi connectivity index (χ3n) is 2.76. The highest BCUT2D eigenvalue weighted by molar-refractivity contribution is 6.10. The molecular weight excluding hydrogens is 297 g/mol. The van der Waals surface area contributed by atoms with Crippen molar-refractivity contribution in [3.8, 4) is 11.7 Å². The zero-order valence-electron chi connectivity index (χ0n) is 11.2. The Kier molecular flexibility index (Phi) is 3.93. The van der Waals surface area contributed by atoms with E-state index in [4.69, 9.17) is 0 Å². The Morgan fingerprint density at radius 2 is 1.73 bits per heavy atom. The van der Waals surface area contributed by atoms with Gasteiger partial charge in [0.2, 0.25) is 0 Å². The lowest BCUT2D eigenvalue weighted by Gasteiger charge is -2.09. The van der Waals surface area contributed by atoms with Gasteiger partial charge in [-0.1, -0.05) is 0 Å². The second kappa shape index (κ2) is 5.68. The Balaban J connectivity index is 2.45. The Hall–Kier alpha value is -3.16. The van der Waals surface area contributed by atoms with Crippen molar-refractivity contribution in [1.82, 2.24) is 0 Å². The third kappa shape index (κ3) is 2.80. The molecule has 0 bridgehead atoms. The van der Waals surface area contributed by atoms with Crippen molar-refractivity contribution in [3.05, 3.63) is 51.6 Å². The summed E-state index contributed by atoms with van der Waals surface area (Å²) in [4.78, 5) is 34.7. The fraction of sp³-hybridized carbons (Fsp3) is 0.0714. The van der Waals surface area contributed by atoms with Gasteiger partial charge in [-0.05, 0) is 31.2 Å². The second-order valence-electron chi connectivity index (χ2n) is 4.31. The zero-order valence-corrected chi connectivity index (χ0v) is 11.2. The predicted octanol–water partition coefficient (Wildman–Crippen LogP) is 1.64. The number of carbonyl (C=O) groups is 2. The summed E-state index contributed by atoms with van der Waals surface area (Å²) >= 11 is 0. The van der Waals surface area contributed by atoms with Crippen LogP contribution in [0.25, 0.3) is 0 Å². The lowest BCUT2D eigenvalue weighted by Crippen LogP contribution is -2.18. The molecule has 1 amide bonds. The lowest BCUT2D eigenvalue weighted by molar-refractivity contribution is 0.100. The van der Waals surface area contributed by atoms with Crippen LogP contribution in [0.4, 0.5) is 10.1 Å². The number of anilines is 1. The molecule has 1 aromatic heterocycles. The molecule has 2 aromatic rings. The maximum Gasteiger partial charge on any atom is 0.353 e. The molecule has 0 saturated carbocycles. The van der Waals surface area contributed by atoms with E-state index in [9.17, 15) is 29.0 Å². The predicted molar refractivity (Wildman–Crippen MR) is 72.7 cm³/mol. The summed E-state index contributed by atoms with van der Waals surface area (Å²) in [6, 6.07) is 4.65. The first kappa shape index (κ1) is 15.2. The number of benzene rings is 1. The summed E-state index contributed by atoms with van der Waals surface area (Å²) in [5, 5.41) is 21.6. The number of rotatable bonds is 3. The van der Waals surface area contributed by atoms with E-state index < -0.39 is 46.0 Å². The fourth-order valence-corrected chi connectivity index (χ4v) is 1.75. The van der Waals surface area contributed by atoms with E-state index >= 15 is 0 Å². The molecule has 114 valence electrons. The average molecular weight is 307 g/mol. The van der Waals surface area contributed by atoms with E-state index in [1.54, 1.807) is 0 Å². The van der Waals surface area contributed by atoms with Crippen molar-refractivity contribution in [2.75, 3.05) is 5.32 Å². The van der Waals surface area contributed by atoms with Crippen LogP contribution in [0.15, 0.2) is 33.5 Å². The molecule has 7 nitrogen and oxygen atoms in total. The van der Waals surface area contributed by atoms with Crippen LogP contribution >= 0.6 is 0 Å². The molecule has 1 aromatic carbocycles. The van der Waals surface area contributed by atoms with Gasteiger partial charge in [-0.2, -0.15) is 0 Å². The normalized spacial score (nSPS) is 10.3. The SMILES string of the molecule is CC(=O)c1c(O)c(C(=O)Nc2ccc(F)cc2)c(O)oc1=O. The van der Waals surface area contributed by atoms with E-state index in [-0.39, 0.29) is 5.69 Å². The van der Waals surface area contributed by atoms with Crippen LogP contribution in [0.5, 0.6) is 11.7 Å². The van der Waals surface area contributed by atoms with E-state index in [0.717, 1.165) is 19.1 Å². The maximum absolute atomic E-state index is 12.8. The molecular formula is C14H10FNO6. The van der Waals surface area contributed by atoms with Gasteiger partial charge in [-0.15, -0.1) is 0 Å². The van der Waals surface area contributed by atoms with E-state index in [0.29, 0.717) is 0 Å². The Bertz CT molecular complexity index is 809.